The molecule has 3 rings (SSSR count). The molecule has 1 saturated carbocycles. The third-order valence-electron chi connectivity index (χ3n) is 4.52. The maximum absolute atomic E-state index is 12.2. The second-order valence-corrected chi connectivity index (χ2v) is 7.68. The van der Waals surface area contributed by atoms with Gasteiger partial charge in [0.15, 0.2) is 11.0 Å². The second-order valence-electron chi connectivity index (χ2n) is 6.74. The molecular formula is C20H26N4O2S. The van der Waals surface area contributed by atoms with Crippen molar-refractivity contribution in [2.24, 2.45) is 0 Å². The van der Waals surface area contributed by atoms with E-state index in [2.05, 4.69) is 22.1 Å². The first-order valence-corrected chi connectivity index (χ1v) is 10.3. The zero-order valence-electron chi connectivity index (χ0n) is 15.7. The zero-order valence-corrected chi connectivity index (χ0v) is 16.5. The van der Waals surface area contributed by atoms with E-state index in [9.17, 15) is 4.79 Å². The Morgan fingerprint density at radius 1 is 1.41 bits per heavy atom. The number of nitrogens with zero attached hydrogens (tertiary/aromatic N) is 3. The molecule has 144 valence electrons. The van der Waals surface area contributed by atoms with E-state index in [1.165, 1.54) is 24.6 Å². The summed E-state index contributed by atoms with van der Waals surface area (Å²) in [6, 6.07) is 8.23. The SMILES string of the molecule is C=CCn1c(COc2cccc(C)c2)nnc1SCC(=O)NC1CCCC1. The van der Waals surface area contributed by atoms with Crippen LogP contribution in [0.25, 0.3) is 0 Å². The lowest BCUT2D eigenvalue weighted by atomic mass is 10.2. The summed E-state index contributed by atoms with van der Waals surface area (Å²) < 4.78 is 7.78. The Morgan fingerprint density at radius 3 is 2.96 bits per heavy atom. The fourth-order valence-corrected chi connectivity index (χ4v) is 3.95. The van der Waals surface area contributed by atoms with Crippen LogP contribution in [0, 0.1) is 6.92 Å². The highest BCUT2D eigenvalue weighted by molar-refractivity contribution is 7.99. The molecule has 0 unspecified atom stereocenters. The van der Waals surface area contributed by atoms with Crippen LogP contribution in [-0.2, 0) is 17.9 Å². The van der Waals surface area contributed by atoms with Gasteiger partial charge in [-0.05, 0) is 37.5 Å². The maximum atomic E-state index is 12.2. The molecule has 1 heterocycles. The molecule has 0 spiro atoms. The standard InChI is InChI=1S/C20H26N4O2S/c1-3-11-24-18(13-26-17-10-6-7-15(2)12-17)22-23-20(24)27-14-19(25)21-16-8-4-5-9-16/h3,6-7,10,12,16H,1,4-5,8-9,11,13-14H2,2H3,(H,21,25). The van der Waals surface area contributed by atoms with Crippen molar-refractivity contribution in [2.75, 3.05) is 5.75 Å². The van der Waals surface area contributed by atoms with Gasteiger partial charge in [-0.1, -0.05) is 42.8 Å². The van der Waals surface area contributed by atoms with E-state index >= 15 is 0 Å². The summed E-state index contributed by atoms with van der Waals surface area (Å²) in [7, 11) is 0. The summed E-state index contributed by atoms with van der Waals surface area (Å²) in [4.78, 5) is 12.2. The van der Waals surface area contributed by atoms with Gasteiger partial charge in [0.05, 0.1) is 5.75 Å². The molecule has 2 aromatic rings. The fourth-order valence-electron chi connectivity index (χ4n) is 3.17. The minimum absolute atomic E-state index is 0.0533. The molecular weight excluding hydrogens is 360 g/mol. The number of ether oxygens (including phenoxy) is 1. The van der Waals surface area contributed by atoms with E-state index < -0.39 is 0 Å². The first-order valence-electron chi connectivity index (χ1n) is 9.30. The molecule has 1 amide bonds. The molecule has 1 aromatic carbocycles. The van der Waals surface area contributed by atoms with Crippen molar-refractivity contribution in [2.45, 2.75) is 57.0 Å². The Bertz CT molecular complexity index is 784. The van der Waals surface area contributed by atoms with Crippen LogP contribution >= 0.6 is 11.8 Å². The molecule has 0 bridgehead atoms. The molecule has 1 N–H and O–H groups in total. The summed E-state index contributed by atoms with van der Waals surface area (Å²) in [6.07, 6.45) is 6.38. The molecule has 27 heavy (non-hydrogen) atoms. The highest BCUT2D eigenvalue weighted by Gasteiger charge is 2.18. The number of carbonyl (C=O) groups is 1. The maximum Gasteiger partial charge on any atom is 0.230 e. The highest BCUT2D eigenvalue weighted by Crippen LogP contribution is 2.21. The summed E-state index contributed by atoms with van der Waals surface area (Å²) in [5, 5.41) is 12.3. The number of aryl methyl sites for hydroxylation is 1. The van der Waals surface area contributed by atoms with Crippen molar-refractivity contribution < 1.29 is 9.53 Å². The number of thioether (sulfide) groups is 1. The van der Waals surface area contributed by atoms with E-state index in [4.69, 9.17) is 4.74 Å². The molecule has 6 nitrogen and oxygen atoms in total. The molecule has 0 saturated heterocycles. The molecule has 0 aliphatic heterocycles. The number of rotatable bonds is 9. The average Bonchev–Trinajstić information content (AvgIpc) is 3.29. The van der Waals surface area contributed by atoms with Gasteiger partial charge < -0.3 is 10.1 Å². The van der Waals surface area contributed by atoms with E-state index in [-0.39, 0.29) is 5.91 Å². The van der Waals surface area contributed by atoms with Crippen LogP contribution in [-0.4, -0.2) is 32.5 Å². The third-order valence-corrected chi connectivity index (χ3v) is 5.48. The predicted octanol–water partition coefficient (Wildman–Crippen LogP) is 3.50. The number of amides is 1. The van der Waals surface area contributed by atoms with Gasteiger partial charge in [-0.3, -0.25) is 9.36 Å². The van der Waals surface area contributed by atoms with Crippen LogP contribution in [0.5, 0.6) is 5.75 Å². The molecule has 1 aliphatic rings. The van der Waals surface area contributed by atoms with Crippen LogP contribution in [0.2, 0.25) is 0 Å². The van der Waals surface area contributed by atoms with Crippen LogP contribution in [0.4, 0.5) is 0 Å². The van der Waals surface area contributed by atoms with Gasteiger partial charge >= 0.3 is 0 Å². The van der Waals surface area contributed by atoms with E-state index in [1.807, 2.05) is 35.8 Å². The number of carbonyl (C=O) groups excluding carboxylic acids is 1. The second kappa shape index (κ2) is 9.60. The number of benzene rings is 1. The van der Waals surface area contributed by atoms with E-state index in [1.54, 1.807) is 6.08 Å². The monoisotopic (exact) mass is 386 g/mol. The van der Waals surface area contributed by atoms with Crippen LogP contribution in [0.15, 0.2) is 42.1 Å². The highest BCUT2D eigenvalue weighted by atomic mass is 32.2. The molecule has 0 radical (unpaired) electrons. The summed E-state index contributed by atoms with van der Waals surface area (Å²) >= 11 is 1.40. The Balaban J connectivity index is 1.58. The van der Waals surface area contributed by atoms with Crippen molar-refractivity contribution in [3.63, 3.8) is 0 Å². The van der Waals surface area contributed by atoms with E-state index in [0.29, 0.717) is 30.1 Å². The molecule has 0 atom stereocenters. The number of nitrogens with one attached hydrogen (secondary N) is 1. The van der Waals surface area contributed by atoms with Crippen molar-refractivity contribution in [1.29, 1.82) is 0 Å². The number of allylic oxidation sites excluding steroid dienone is 1. The minimum atomic E-state index is 0.0533. The lowest BCUT2D eigenvalue weighted by molar-refractivity contribution is -0.119. The largest absolute Gasteiger partial charge is 0.486 e. The molecule has 7 heteroatoms. The van der Waals surface area contributed by atoms with Crippen molar-refractivity contribution in [3.8, 4) is 5.75 Å². The quantitative estimate of drug-likeness (QED) is 0.528. The number of hydrogen-bond acceptors (Lipinski definition) is 5. The minimum Gasteiger partial charge on any atom is -0.486 e. The first kappa shape index (κ1) is 19.5. The van der Waals surface area contributed by atoms with Gasteiger partial charge in [-0.25, -0.2) is 0 Å². The van der Waals surface area contributed by atoms with E-state index in [0.717, 1.165) is 30.0 Å². The van der Waals surface area contributed by atoms with Gasteiger partial charge in [0.25, 0.3) is 0 Å². The topological polar surface area (TPSA) is 69.0 Å². The van der Waals surface area contributed by atoms with Crippen molar-refractivity contribution >= 4 is 17.7 Å². The van der Waals surface area contributed by atoms with Gasteiger partial charge in [-0.15, -0.1) is 16.8 Å². The lowest BCUT2D eigenvalue weighted by Gasteiger charge is -2.12. The van der Waals surface area contributed by atoms with Crippen molar-refractivity contribution in [1.82, 2.24) is 20.1 Å². The Hall–Kier alpha value is -2.28. The fraction of sp³-hybridized carbons (Fsp3) is 0.450. The predicted molar refractivity (Wildman–Crippen MR) is 107 cm³/mol. The van der Waals surface area contributed by atoms with Gasteiger partial charge in [0.1, 0.15) is 12.4 Å². The molecule has 1 aliphatic carbocycles. The summed E-state index contributed by atoms with van der Waals surface area (Å²) in [5.41, 5.74) is 1.14. The van der Waals surface area contributed by atoms with Crippen molar-refractivity contribution in [3.05, 3.63) is 48.3 Å². The van der Waals surface area contributed by atoms with Crippen LogP contribution in [0.3, 0.4) is 0 Å². The summed E-state index contributed by atoms with van der Waals surface area (Å²) in [5.74, 6) is 1.91. The van der Waals surface area contributed by atoms with Crippen LogP contribution in [0.1, 0.15) is 37.1 Å². The normalized spacial score (nSPS) is 14.3. The third kappa shape index (κ3) is 5.60. The van der Waals surface area contributed by atoms with Gasteiger partial charge in [0.2, 0.25) is 5.91 Å². The molecule has 1 fully saturated rings. The Morgan fingerprint density at radius 2 is 2.22 bits per heavy atom. The number of hydrogen-bond donors (Lipinski definition) is 1. The average molecular weight is 387 g/mol. The lowest BCUT2D eigenvalue weighted by Crippen LogP contribution is -2.33. The first-order chi connectivity index (χ1) is 13.2. The number of aromatic nitrogens is 3. The van der Waals surface area contributed by atoms with Gasteiger partial charge in [-0.2, -0.15) is 0 Å². The Labute approximate surface area is 164 Å². The Kier molecular flexibility index (Phi) is 6.92. The zero-order chi connectivity index (χ0) is 19.1. The van der Waals surface area contributed by atoms with Crippen LogP contribution < -0.4 is 10.1 Å². The summed E-state index contributed by atoms with van der Waals surface area (Å²) in [6.45, 7) is 6.73. The smallest absolute Gasteiger partial charge is 0.230 e. The molecule has 1 aromatic heterocycles. The van der Waals surface area contributed by atoms with Gasteiger partial charge in [0, 0.05) is 12.6 Å².